The van der Waals surface area contributed by atoms with Gasteiger partial charge in [-0.25, -0.2) is 4.39 Å². The second-order valence-electron chi connectivity index (χ2n) is 3.46. The van der Waals surface area contributed by atoms with E-state index in [1.165, 1.54) is 12.2 Å². The Kier molecular flexibility index (Phi) is 7.40. The summed E-state index contributed by atoms with van der Waals surface area (Å²) in [6.45, 7) is 5.72. The van der Waals surface area contributed by atoms with E-state index >= 15 is 0 Å². The Labute approximate surface area is 101 Å². The van der Waals surface area contributed by atoms with E-state index in [-0.39, 0.29) is 11.7 Å². The molecule has 0 heterocycles. The summed E-state index contributed by atoms with van der Waals surface area (Å²) in [6.07, 6.45) is 5.20. The van der Waals surface area contributed by atoms with Gasteiger partial charge in [0.25, 0.3) is 0 Å². The van der Waals surface area contributed by atoms with Gasteiger partial charge in [0, 0.05) is 11.0 Å². The van der Waals surface area contributed by atoms with Crippen molar-refractivity contribution >= 4 is 11.8 Å². The molecule has 0 aromatic carbocycles. The zero-order chi connectivity index (χ0) is 12.6. The van der Waals surface area contributed by atoms with Gasteiger partial charge in [-0.05, 0) is 18.4 Å². The van der Waals surface area contributed by atoms with Crippen molar-refractivity contribution in [2.75, 3.05) is 0 Å². The minimum absolute atomic E-state index is 0.0390. The van der Waals surface area contributed by atoms with Crippen molar-refractivity contribution in [1.82, 2.24) is 0 Å². The fraction of sp³-hybridized carbons (Fsp3) is 0.417. The largest absolute Gasteiger partial charge is 0.393 e. The van der Waals surface area contributed by atoms with Gasteiger partial charge in [-0.15, -0.1) is 0 Å². The molecule has 0 aliphatic heterocycles. The summed E-state index contributed by atoms with van der Waals surface area (Å²) in [5, 5.41) is 8.74. The van der Waals surface area contributed by atoms with Crippen molar-refractivity contribution in [2.24, 2.45) is 11.7 Å². The Hall–Kier alpha value is -1.21. The molecule has 4 heteroatoms. The number of hydrogen-bond acceptors (Lipinski definition) is 3. The molecule has 0 saturated carbocycles. The average Bonchev–Trinajstić information content (AvgIpc) is 2.22. The number of hydrogen-bond donors (Lipinski definition) is 1. The fourth-order valence-electron chi connectivity index (χ4n) is 0.966. The molecule has 0 atom stereocenters. The highest BCUT2D eigenvalue weighted by Gasteiger charge is 2.11. The van der Waals surface area contributed by atoms with Crippen molar-refractivity contribution in [2.45, 2.75) is 27.2 Å². The summed E-state index contributed by atoms with van der Waals surface area (Å²) in [5.41, 5.74) is 5.57. The first-order chi connectivity index (χ1) is 7.52. The van der Waals surface area contributed by atoms with E-state index in [1.807, 2.05) is 26.8 Å². The average molecular weight is 240 g/mol. The Bertz CT molecular complexity index is 349. The van der Waals surface area contributed by atoms with Gasteiger partial charge in [-0.2, -0.15) is 5.26 Å². The Morgan fingerprint density at radius 2 is 2.19 bits per heavy atom. The second-order valence-corrected chi connectivity index (χ2v) is 4.57. The van der Waals surface area contributed by atoms with Gasteiger partial charge < -0.3 is 5.73 Å². The highest BCUT2D eigenvalue weighted by atomic mass is 32.2. The first kappa shape index (κ1) is 14.8. The van der Waals surface area contributed by atoms with Gasteiger partial charge in [0.2, 0.25) is 0 Å². The predicted molar refractivity (Wildman–Crippen MR) is 67.9 cm³/mol. The third-order valence-corrected chi connectivity index (χ3v) is 2.93. The molecular formula is C12H17FN2S. The van der Waals surface area contributed by atoms with Crippen LogP contribution in [-0.4, -0.2) is 0 Å². The molecule has 0 aromatic rings. The number of nitrogens with zero attached hydrogens (tertiary/aromatic N) is 1. The topological polar surface area (TPSA) is 49.8 Å². The summed E-state index contributed by atoms with van der Waals surface area (Å²) >= 11 is 1.11. The lowest BCUT2D eigenvalue weighted by Gasteiger charge is -2.10. The quantitative estimate of drug-likeness (QED) is 0.586. The number of thioether (sulfide) groups is 1. The second kappa shape index (κ2) is 8.00. The van der Waals surface area contributed by atoms with Crippen molar-refractivity contribution in [3.05, 3.63) is 34.0 Å². The molecule has 0 bridgehead atoms. The van der Waals surface area contributed by atoms with Gasteiger partial charge in [0.1, 0.15) is 5.83 Å². The highest BCUT2D eigenvalue weighted by molar-refractivity contribution is 8.06. The molecule has 16 heavy (non-hydrogen) atoms. The van der Waals surface area contributed by atoms with Crippen LogP contribution in [0.2, 0.25) is 0 Å². The van der Waals surface area contributed by atoms with Crippen LogP contribution in [0.1, 0.15) is 27.2 Å². The van der Waals surface area contributed by atoms with Crippen LogP contribution in [0.3, 0.4) is 0 Å². The van der Waals surface area contributed by atoms with E-state index < -0.39 is 0 Å². The van der Waals surface area contributed by atoms with Crippen LogP contribution in [0.15, 0.2) is 34.0 Å². The summed E-state index contributed by atoms with van der Waals surface area (Å²) < 4.78 is 13.7. The Morgan fingerprint density at radius 1 is 1.56 bits per heavy atom. The lowest BCUT2D eigenvalue weighted by atomic mass is 10.2. The van der Waals surface area contributed by atoms with Crippen LogP contribution >= 0.6 is 11.8 Å². The van der Waals surface area contributed by atoms with E-state index in [1.54, 1.807) is 6.08 Å². The summed E-state index contributed by atoms with van der Waals surface area (Å²) in [4.78, 5) is 0.550. The van der Waals surface area contributed by atoms with Crippen molar-refractivity contribution in [1.29, 1.82) is 5.26 Å². The van der Waals surface area contributed by atoms with Crippen molar-refractivity contribution < 1.29 is 4.39 Å². The SMILES string of the molecule is CC/C=C\C(F)=C(\S/C(N)=C/C#N)C(C)C. The minimum atomic E-state index is -0.281. The maximum Gasteiger partial charge on any atom is 0.133 e. The third-order valence-electron chi connectivity index (χ3n) is 1.69. The number of nitrogens with two attached hydrogens (primary N) is 1. The maximum atomic E-state index is 13.7. The molecule has 0 saturated heterocycles. The number of rotatable bonds is 5. The van der Waals surface area contributed by atoms with E-state index in [2.05, 4.69) is 0 Å². The molecule has 0 amide bonds. The molecule has 0 aliphatic rings. The van der Waals surface area contributed by atoms with Gasteiger partial charge in [0.15, 0.2) is 0 Å². The lowest BCUT2D eigenvalue weighted by Crippen LogP contribution is -1.98. The summed E-state index contributed by atoms with van der Waals surface area (Å²) in [6, 6.07) is 1.82. The molecule has 0 unspecified atom stereocenters. The molecule has 0 fully saturated rings. The summed E-state index contributed by atoms with van der Waals surface area (Å²) in [5.74, 6) is -0.242. The molecule has 0 aromatic heterocycles. The molecule has 0 aliphatic carbocycles. The van der Waals surface area contributed by atoms with Gasteiger partial charge in [-0.3, -0.25) is 0 Å². The highest BCUT2D eigenvalue weighted by Crippen LogP contribution is 2.32. The van der Waals surface area contributed by atoms with E-state index in [4.69, 9.17) is 11.0 Å². The standard InChI is InChI=1S/C12H17FN2S/c1-4-5-6-10(13)12(9(2)3)16-11(15)7-8-14/h5-7,9H,4,15H2,1-3H3/b6-5-,11-7+,12-10-. The number of halogens is 1. The van der Waals surface area contributed by atoms with Crippen LogP contribution in [0, 0.1) is 17.2 Å². The first-order valence-electron chi connectivity index (χ1n) is 5.12. The van der Waals surface area contributed by atoms with Gasteiger partial charge in [-0.1, -0.05) is 38.6 Å². The molecule has 0 spiro atoms. The lowest BCUT2D eigenvalue weighted by molar-refractivity contribution is 0.638. The van der Waals surface area contributed by atoms with Gasteiger partial charge in [0.05, 0.1) is 11.1 Å². The summed E-state index contributed by atoms with van der Waals surface area (Å²) in [7, 11) is 0. The number of nitriles is 1. The smallest absolute Gasteiger partial charge is 0.133 e. The Balaban J connectivity index is 4.95. The molecule has 88 valence electrons. The zero-order valence-corrected chi connectivity index (χ0v) is 10.6. The minimum Gasteiger partial charge on any atom is -0.393 e. The molecule has 0 radical (unpaired) electrons. The predicted octanol–water partition coefficient (Wildman–Crippen LogP) is 3.85. The van der Waals surface area contributed by atoms with Gasteiger partial charge >= 0.3 is 0 Å². The first-order valence-corrected chi connectivity index (χ1v) is 5.93. The van der Waals surface area contributed by atoms with Crippen LogP contribution in [-0.2, 0) is 0 Å². The number of allylic oxidation sites excluding steroid dienone is 5. The molecule has 0 rings (SSSR count). The van der Waals surface area contributed by atoms with Crippen LogP contribution in [0.25, 0.3) is 0 Å². The zero-order valence-electron chi connectivity index (χ0n) is 9.83. The van der Waals surface area contributed by atoms with E-state index in [9.17, 15) is 4.39 Å². The van der Waals surface area contributed by atoms with E-state index in [0.29, 0.717) is 9.93 Å². The third kappa shape index (κ3) is 5.62. The Morgan fingerprint density at radius 3 is 2.62 bits per heavy atom. The normalized spacial score (nSPS) is 14.1. The van der Waals surface area contributed by atoms with Crippen LogP contribution in [0.4, 0.5) is 4.39 Å². The molecule has 2 nitrogen and oxygen atoms in total. The van der Waals surface area contributed by atoms with Crippen molar-refractivity contribution in [3.63, 3.8) is 0 Å². The van der Waals surface area contributed by atoms with Crippen molar-refractivity contribution in [3.8, 4) is 6.07 Å². The molecule has 2 N–H and O–H groups in total. The monoisotopic (exact) mass is 240 g/mol. The van der Waals surface area contributed by atoms with Crippen LogP contribution in [0.5, 0.6) is 0 Å². The maximum absolute atomic E-state index is 13.7. The van der Waals surface area contributed by atoms with Crippen LogP contribution < -0.4 is 5.73 Å². The fourth-order valence-corrected chi connectivity index (χ4v) is 1.73. The van der Waals surface area contributed by atoms with E-state index in [0.717, 1.165) is 18.2 Å². The molecular weight excluding hydrogens is 223 g/mol.